The fourth-order valence-corrected chi connectivity index (χ4v) is 4.12. The van der Waals surface area contributed by atoms with Crippen LogP contribution in [-0.2, 0) is 24.2 Å². The van der Waals surface area contributed by atoms with Gasteiger partial charge in [0.25, 0.3) is 11.8 Å². The van der Waals surface area contributed by atoms with Gasteiger partial charge in [-0.05, 0) is 54.3 Å². The van der Waals surface area contributed by atoms with Crippen LogP contribution in [0.15, 0.2) is 60.9 Å². The van der Waals surface area contributed by atoms with Gasteiger partial charge in [0.15, 0.2) is 18.1 Å². The van der Waals surface area contributed by atoms with Crippen LogP contribution in [0.4, 0.5) is 0 Å². The maximum Gasteiger partial charge on any atom is 0.257 e. The molecule has 8 nitrogen and oxygen atoms in total. The maximum absolute atomic E-state index is 13.0. The Labute approximate surface area is 204 Å². The van der Waals surface area contributed by atoms with Crippen molar-refractivity contribution in [3.63, 3.8) is 0 Å². The van der Waals surface area contributed by atoms with E-state index < -0.39 is 0 Å². The lowest BCUT2D eigenvalue weighted by Gasteiger charge is -2.29. The molecule has 0 atom stereocenters. The first-order valence-corrected chi connectivity index (χ1v) is 11.5. The quantitative estimate of drug-likeness (QED) is 0.485. The van der Waals surface area contributed by atoms with Gasteiger partial charge in [-0.25, -0.2) is 0 Å². The van der Waals surface area contributed by atoms with E-state index >= 15 is 0 Å². The van der Waals surface area contributed by atoms with Gasteiger partial charge in [-0.3, -0.25) is 14.6 Å². The van der Waals surface area contributed by atoms with Gasteiger partial charge in [-0.2, -0.15) is 0 Å². The summed E-state index contributed by atoms with van der Waals surface area (Å²) in [6, 6.07) is 14.9. The van der Waals surface area contributed by atoms with Crippen LogP contribution in [0.1, 0.15) is 27.0 Å². The molecule has 1 aliphatic rings. The summed E-state index contributed by atoms with van der Waals surface area (Å²) in [4.78, 5) is 31.3. The minimum absolute atomic E-state index is 0.0417. The number of carbonyl (C=O) groups is 2. The Morgan fingerprint density at radius 1 is 1.03 bits per heavy atom. The molecule has 0 saturated carbocycles. The van der Waals surface area contributed by atoms with Gasteiger partial charge in [0.05, 0.1) is 14.2 Å². The average Bonchev–Trinajstić information content (AvgIpc) is 2.89. The number of ether oxygens (including phenoxy) is 3. The molecule has 1 aliphatic heterocycles. The standard InChI is InChI=1S/C27H29N3O5/c1-33-24-9-8-19(15-25(24)34-2)10-13-29-26(31)18-35-23-7-3-6-22-21(23)11-14-30(27(22)32)17-20-5-4-12-28-16-20/h3-9,12,15-16H,10-11,13-14,17-18H2,1-2H3,(H,29,31). The van der Waals surface area contributed by atoms with Crippen molar-refractivity contribution in [1.82, 2.24) is 15.2 Å². The highest BCUT2D eigenvalue weighted by atomic mass is 16.5. The number of hydrogen-bond acceptors (Lipinski definition) is 6. The second kappa shape index (κ2) is 11.4. The van der Waals surface area contributed by atoms with Crippen molar-refractivity contribution in [1.29, 1.82) is 0 Å². The SMILES string of the molecule is COc1ccc(CCNC(=O)COc2cccc3c2CCN(Cc2cccnc2)C3=O)cc1OC. The Kier molecular flexibility index (Phi) is 7.82. The zero-order chi connectivity index (χ0) is 24.6. The minimum atomic E-state index is -0.219. The van der Waals surface area contributed by atoms with Gasteiger partial charge in [0.2, 0.25) is 0 Å². The predicted molar refractivity (Wildman–Crippen MR) is 131 cm³/mol. The molecule has 0 saturated heterocycles. The van der Waals surface area contributed by atoms with E-state index in [4.69, 9.17) is 14.2 Å². The molecule has 3 aromatic rings. The number of carbonyl (C=O) groups excluding carboxylic acids is 2. The van der Waals surface area contributed by atoms with Gasteiger partial charge >= 0.3 is 0 Å². The highest BCUT2D eigenvalue weighted by Crippen LogP contribution is 2.29. The van der Waals surface area contributed by atoms with Crippen LogP contribution in [0, 0.1) is 0 Å². The molecule has 1 aromatic heterocycles. The average molecular weight is 476 g/mol. The van der Waals surface area contributed by atoms with Crippen molar-refractivity contribution in [2.75, 3.05) is 33.9 Å². The third-order valence-corrected chi connectivity index (χ3v) is 5.92. The van der Waals surface area contributed by atoms with Crippen LogP contribution >= 0.6 is 0 Å². The Bertz CT molecular complexity index is 1180. The van der Waals surface area contributed by atoms with Crippen molar-refractivity contribution >= 4 is 11.8 Å². The molecule has 4 rings (SSSR count). The van der Waals surface area contributed by atoms with Crippen LogP contribution in [0.2, 0.25) is 0 Å². The molecule has 8 heteroatoms. The summed E-state index contributed by atoms with van der Waals surface area (Å²) in [5.74, 6) is 1.64. The molecule has 2 aromatic carbocycles. The summed E-state index contributed by atoms with van der Waals surface area (Å²) in [6.07, 6.45) is 4.80. The van der Waals surface area contributed by atoms with E-state index in [2.05, 4.69) is 10.3 Å². The van der Waals surface area contributed by atoms with Crippen molar-refractivity contribution < 1.29 is 23.8 Å². The van der Waals surface area contributed by atoms with E-state index in [1.54, 1.807) is 38.7 Å². The molecule has 2 heterocycles. The van der Waals surface area contributed by atoms with Crippen LogP contribution in [0.3, 0.4) is 0 Å². The first-order valence-electron chi connectivity index (χ1n) is 11.5. The summed E-state index contributed by atoms with van der Waals surface area (Å²) in [7, 11) is 3.19. The molecule has 35 heavy (non-hydrogen) atoms. The van der Waals surface area contributed by atoms with Gasteiger partial charge < -0.3 is 24.4 Å². The van der Waals surface area contributed by atoms with Gasteiger partial charge in [-0.1, -0.05) is 18.2 Å². The van der Waals surface area contributed by atoms with E-state index in [9.17, 15) is 9.59 Å². The molecular formula is C27H29N3O5. The van der Waals surface area contributed by atoms with Gasteiger partial charge in [0.1, 0.15) is 5.75 Å². The lowest BCUT2D eigenvalue weighted by atomic mass is 9.97. The topological polar surface area (TPSA) is 90.0 Å². The van der Waals surface area contributed by atoms with E-state index in [1.807, 2.05) is 41.3 Å². The molecular weight excluding hydrogens is 446 g/mol. The largest absolute Gasteiger partial charge is 0.493 e. The minimum Gasteiger partial charge on any atom is -0.493 e. The number of nitrogens with zero attached hydrogens (tertiary/aromatic N) is 2. The number of aromatic nitrogens is 1. The maximum atomic E-state index is 13.0. The number of pyridine rings is 1. The Morgan fingerprint density at radius 3 is 2.66 bits per heavy atom. The Morgan fingerprint density at radius 2 is 1.89 bits per heavy atom. The molecule has 0 unspecified atom stereocenters. The summed E-state index contributed by atoms with van der Waals surface area (Å²) in [5.41, 5.74) is 3.47. The van der Waals surface area contributed by atoms with E-state index in [-0.39, 0.29) is 18.4 Å². The fraction of sp³-hybridized carbons (Fsp3) is 0.296. The monoisotopic (exact) mass is 475 g/mol. The number of amides is 2. The van der Waals surface area contributed by atoms with Gasteiger partial charge in [-0.15, -0.1) is 0 Å². The molecule has 2 amide bonds. The van der Waals surface area contributed by atoms with E-state index in [1.165, 1.54) is 0 Å². The summed E-state index contributed by atoms with van der Waals surface area (Å²) in [6.45, 7) is 1.45. The number of fused-ring (bicyclic) bond motifs is 1. The van der Waals surface area contributed by atoms with Crippen molar-refractivity contribution in [3.8, 4) is 17.2 Å². The first kappa shape index (κ1) is 24.1. The number of methoxy groups -OCH3 is 2. The van der Waals surface area contributed by atoms with Crippen molar-refractivity contribution in [3.05, 3.63) is 83.2 Å². The number of benzene rings is 2. The van der Waals surface area contributed by atoms with Gasteiger partial charge in [0, 0.05) is 43.2 Å². The van der Waals surface area contributed by atoms with Crippen molar-refractivity contribution in [2.45, 2.75) is 19.4 Å². The summed E-state index contributed by atoms with van der Waals surface area (Å²) < 4.78 is 16.4. The zero-order valence-corrected chi connectivity index (χ0v) is 20.0. The van der Waals surface area contributed by atoms with Crippen LogP contribution in [0.5, 0.6) is 17.2 Å². The number of hydrogen-bond donors (Lipinski definition) is 1. The second-order valence-electron chi connectivity index (χ2n) is 8.20. The first-order chi connectivity index (χ1) is 17.1. The fourth-order valence-electron chi connectivity index (χ4n) is 4.12. The highest BCUT2D eigenvalue weighted by Gasteiger charge is 2.27. The van der Waals surface area contributed by atoms with Crippen LogP contribution in [0.25, 0.3) is 0 Å². The van der Waals surface area contributed by atoms with E-state index in [0.29, 0.717) is 55.3 Å². The molecule has 0 radical (unpaired) electrons. The van der Waals surface area contributed by atoms with Crippen LogP contribution in [-0.4, -0.2) is 55.6 Å². The molecule has 1 N–H and O–H groups in total. The third kappa shape index (κ3) is 5.90. The lowest BCUT2D eigenvalue weighted by Crippen LogP contribution is -2.37. The summed E-state index contributed by atoms with van der Waals surface area (Å²) >= 11 is 0. The lowest BCUT2D eigenvalue weighted by molar-refractivity contribution is -0.123. The molecule has 0 bridgehead atoms. The highest BCUT2D eigenvalue weighted by molar-refractivity contribution is 5.97. The molecule has 182 valence electrons. The smallest absolute Gasteiger partial charge is 0.257 e. The normalized spacial score (nSPS) is 12.6. The van der Waals surface area contributed by atoms with Crippen molar-refractivity contribution in [2.24, 2.45) is 0 Å². The third-order valence-electron chi connectivity index (χ3n) is 5.92. The zero-order valence-electron chi connectivity index (χ0n) is 20.0. The summed E-state index contributed by atoms with van der Waals surface area (Å²) in [5, 5.41) is 2.87. The van der Waals surface area contributed by atoms with E-state index in [0.717, 1.165) is 16.7 Å². The number of rotatable bonds is 10. The Balaban J connectivity index is 1.30. The predicted octanol–water partition coefficient (Wildman–Crippen LogP) is 3.04. The molecule has 0 fully saturated rings. The number of nitrogens with one attached hydrogen (secondary N) is 1. The second-order valence-corrected chi connectivity index (χ2v) is 8.20. The molecule has 0 aliphatic carbocycles. The molecule has 0 spiro atoms. The van der Waals surface area contributed by atoms with Crippen LogP contribution < -0.4 is 19.5 Å². The Hall–Kier alpha value is -4.07.